The molecule has 0 radical (unpaired) electrons. The predicted molar refractivity (Wildman–Crippen MR) is 111 cm³/mol. The van der Waals surface area contributed by atoms with E-state index in [1.807, 2.05) is 54.8 Å². The number of benzene rings is 2. The number of fused-ring (bicyclic) bond motifs is 1. The molecule has 0 aliphatic carbocycles. The summed E-state index contributed by atoms with van der Waals surface area (Å²) in [6.45, 7) is 4.26. The van der Waals surface area contributed by atoms with Crippen LogP contribution in [-0.4, -0.2) is 19.5 Å². The van der Waals surface area contributed by atoms with Crippen LogP contribution in [0, 0.1) is 17.1 Å². The van der Waals surface area contributed by atoms with E-state index in [1.54, 1.807) is 6.07 Å². The molecule has 2 aromatic heterocycles. The van der Waals surface area contributed by atoms with Crippen LogP contribution in [0.2, 0.25) is 0 Å². The summed E-state index contributed by atoms with van der Waals surface area (Å²) in [6.07, 6.45) is 1.29. The summed E-state index contributed by atoms with van der Waals surface area (Å²) in [5.74, 6) is 0.730. The lowest BCUT2D eigenvalue weighted by Crippen LogP contribution is -2.10. The molecular formula is C21H20FN7. The number of hydrogen-bond acceptors (Lipinski definition) is 6. The highest BCUT2D eigenvalue weighted by molar-refractivity contribution is 5.78. The number of para-hydroxylation sites is 1. The number of nitrogen functional groups attached to an aromatic ring is 1. The second-order valence-electron chi connectivity index (χ2n) is 5.78. The minimum Gasteiger partial charge on any atom is -0.382 e. The number of nitrogens with zero attached hydrogens (tertiary/aromatic N) is 5. The molecule has 0 saturated heterocycles. The summed E-state index contributed by atoms with van der Waals surface area (Å²) in [6, 6.07) is 16.0. The Kier molecular flexibility index (Phi) is 6.00. The van der Waals surface area contributed by atoms with Crippen LogP contribution in [0.4, 0.5) is 16.0 Å². The van der Waals surface area contributed by atoms with Gasteiger partial charge in [0.15, 0.2) is 0 Å². The first-order chi connectivity index (χ1) is 14.2. The molecule has 0 atom stereocenters. The summed E-state index contributed by atoms with van der Waals surface area (Å²) < 4.78 is 15.7. The molecule has 2 heterocycles. The van der Waals surface area contributed by atoms with E-state index in [1.165, 1.54) is 18.5 Å². The molecular weight excluding hydrogens is 369 g/mol. The molecule has 0 unspecified atom stereocenters. The summed E-state index contributed by atoms with van der Waals surface area (Å²) >= 11 is 0. The standard InChI is InChI=1S/C19H14FN7.C2H6/c20-12-6-7-15-16(8-12)27(13-4-2-1-3-5-13)17(26-15)10-23-19-14(9-21)18(22)24-11-25-19;1-2/h1-8,11H,10H2,(H3,22,23,24,25);1-2H3. The number of halogens is 1. The van der Waals surface area contributed by atoms with Gasteiger partial charge in [-0.15, -0.1) is 0 Å². The smallest absolute Gasteiger partial charge is 0.149 e. The number of aromatic nitrogens is 4. The van der Waals surface area contributed by atoms with E-state index in [9.17, 15) is 9.65 Å². The van der Waals surface area contributed by atoms with Gasteiger partial charge in [-0.05, 0) is 24.3 Å². The zero-order valence-electron chi connectivity index (χ0n) is 16.1. The molecule has 2 aromatic carbocycles. The van der Waals surface area contributed by atoms with Crippen LogP contribution in [0.3, 0.4) is 0 Å². The lowest BCUT2D eigenvalue weighted by atomic mass is 10.2. The van der Waals surface area contributed by atoms with Gasteiger partial charge in [0.25, 0.3) is 0 Å². The Morgan fingerprint density at radius 1 is 1.14 bits per heavy atom. The molecule has 0 spiro atoms. The summed E-state index contributed by atoms with van der Waals surface area (Å²) in [4.78, 5) is 12.5. The van der Waals surface area contributed by atoms with Crippen LogP contribution < -0.4 is 11.1 Å². The first-order valence-corrected chi connectivity index (χ1v) is 9.14. The fourth-order valence-corrected chi connectivity index (χ4v) is 2.89. The van der Waals surface area contributed by atoms with E-state index in [0.29, 0.717) is 22.7 Å². The van der Waals surface area contributed by atoms with Crippen molar-refractivity contribution in [2.75, 3.05) is 11.1 Å². The predicted octanol–water partition coefficient (Wildman–Crippen LogP) is 4.05. The van der Waals surface area contributed by atoms with Gasteiger partial charge in [0.2, 0.25) is 0 Å². The third-order valence-electron chi connectivity index (χ3n) is 4.10. The largest absolute Gasteiger partial charge is 0.382 e. The highest BCUT2D eigenvalue weighted by Gasteiger charge is 2.15. The molecule has 4 rings (SSSR count). The topological polar surface area (TPSA) is 105 Å². The highest BCUT2D eigenvalue weighted by Crippen LogP contribution is 2.24. The van der Waals surface area contributed by atoms with Crippen LogP contribution >= 0.6 is 0 Å². The highest BCUT2D eigenvalue weighted by atomic mass is 19.1. The van der Waals surface area contributed by atoms with E-state index >= 15 is 0 Å². The van der Waals surface area contributed by atoms with E-state index in [0.717, 1.165) is 5.69 Å². The zero-order chi connectivity index (χ0) is 20.8. The first kappa shape index (κ1) is 19.8. The molecule has 3 N–H and O–H groups in total. The van der Waals surface area contributed by atoms with Crippen molar-refractivity contribution in [1.29, 1.82) is 5.26 Å². The maximum Gasteiger partial charge on any atom is 0.149 e. The lowest BCUT2D eigenvalue weighted by molar-refractivity contribution is 0.629. The molecule has 0 amide bonds. The van der Waals surface area contributed by atoms with Crippen molar-refractivity contribution < 1.29 is 4.39 Å². The second-order valence-corrected chi connectivity index (χ2v) is 5.78. The van der Waals surface area contributed by atoms with Crippen molar-refractivity contribution in [3.05, 3.63) is 72.1 Å². The molecule has 29 heavy (non-hydrogen) atoms. The average molecular weight is 389 g/mol. The summed E-state index contributed by atoms with van der Waals surface area (Å²) in [5, 5.41) is 12.3. The van der Waals surface area contributed by atoms with Crippen molar-refractivity contribution in [2.24, 2.45) is 0 Å². The van der Waals surface area contributed by atoms with Crippen LogP contribution in [0.1, 0.15) is 25.2 Å². The zero-order valence-corrected chi connectivity index (χ0v) is 16.1. The Morgan fingerprint density at radius 3 is 2.62 bits per heavy atom. The van der Waals surface area contributed by atoms with Gasteiger partial charge >= 0.3 is 0 Å². The number of rotatable bonds is 4. The molecule has 8 heteroatoms. The number of nitrogens with two attached hydrogens (primary N) is 1. The number of hydrogen-bond donors (Lipinski definition) is 2. The maximum atomic E-state index is 13.8. The van der Waals surface area contributed by atoms with Crippen LogP contribution in [0.15, 0.2) is 54.9 Å². The van der Waals surface area contributed by atoms with E-state index in [4.69, 9.17) is 5.73 Å². The van der Waals surface area contributed by atoms with Crippen LogP contribution in [-0.2, 0) is 6.54 Å². The van der Waals surface area contributed by atoms with Crippen molar-refractivity contribution in [3.63, 3.8) is 0 Å². The molecule has 7 nitrogen and oxygen atoms in total. The maximum absolute atomic E-state index is 13.8. The van der Waals surface area contributed by atoms with Gasteiger partial charge in [0.05, 0.1) is 17.6 Å². The van der Waals surface area contributed by atoms with E-state index in [2.05, 4.69) is 20.3 Å². The minimum atomic E-state index is -0.338. The fraction of sp³-hybridized carbons (Fsp3) is 0.143. The average Bonchev–Trinajstić information content (AvgIpc) is 3.11. The van der Waals surface area contributed by atoms with Crippen LogP contribution in [0.25, 0.3) is 16.7 Å². The monoisotopic (exact) mass is 389 g/mol. The van der Waals surface area contributed by atoms with Crippen molar-refractivity contribution in [3.8, 4) is 11.8 Å². The number of nitrogens with one attached hydrogen (secondary N) is 1. The third-order valence-corrected chi connectivity index (χ3v) is 4.10. The molecule has 0 saturated carbocycles. The van der Waals surface area contributed by atoms with Gasteiger partial charge in [-0.3, -0.25) is 4.57 Å². The van der Waals surface area contributed by atoms with Gasteiger partial charge in [0, 0.05) is 11.8 Å². The van der Waals surface area contributed by atoms with E-state index in [-0.39, 0.29) is 23.7 Å². The fourth-order valence-electron chi connectivity index (χ4n) is 2.89. The van der Waals surface area contributed by atoms with Gasteiger partial charge < -0.3 is 11.1 Å². The molecule has 0 aliphatic rings. The van der Waals surface area contributed by atoms with Gasteiger partial charge in [0.1, 0.15) is 41.2 Å². The number of imidazole rings is 1. The quantitative estimate of drug-likeness (QED) is 0.545. The third kappa shape index (κ3) is 3.99. The molecule has 0 aliphatic heterocycles. The van der Waals surface area contributed by atoms with Crippen molar-refractivity contribution in [2.45, 2.75) is 20.4 Å². The van der Waals surface area contributed by atoms with Gasteiger partial charge in [-0.25, -0.2) is 19.3 Å². The van der Waals surface area contributed by atoms with Crippen molar-refractivity contribution in [1.82, 2.24) is 19.5 Å². The summed E-state index contributed by atoms with van der Waals surface area (Å²) in [5.41, 5.74) is 8.07. The van der Waals surface area contributed by atoms with Crippen LogP contribution in [0.5, 0.6) is 0 Å². The summed E-state index contributed by atoms with van der Waals surface area (Å²) in [7, 11) is 0. The Labute approximate surface area is 167 Å². The minimum absolute atomic E-state index is 0.105. The molecule has 0 fully saturated rings. The Hall–Kier alpha value is -3.99. The van der Waals surface area contributed by atoms with Gasteiger partial charge in [-0.2, -0.15) is 5.26 Å². The van der Waals surface area contributed by atoms with E-state index < -0.39 is 0 Å². The molecule has 4 aromatic rings. The first-order valence-electron chi connectivity index (χ1n) is 9.14. The SMILES string of the molecule is CC.N#Cc1c(N)ncnc1NCc1nc2ccc(F)cc2n1-c1ccccc1. The lowest BCUT2D eigenvalue weighted by Gasteiger charge is -2.11. The Balaban J connectivity index is 0.00000117. The normalized spacial score (nSPS) is 10.1. The molecule has 146 valence electrons. The Morgan fingerprint density at radius 2 is 1.90 bits per heavy atom. The second kappa shape index (κ2) is 8.80. The van der Waals surface area contributed by atoms with Crippen molar-refractivity contribution >= 4 is 22.7 Å². The molecule has 0 bridgehead atoms. The number of nitriles is 1. The number of anilines is 2. The van der Waals surface area contributed by atoms with Gasteiger partial charge in [-0.1, -0.05) is 32.0 Å². The Bertz CT molecular complexity index is 1160.